The van der Waals surface area contributed by atoms with Gasteiger partial charge in [0.15, 0.2) is 11.5 Å². The maximum Gasteiger partial charge on any atom is 0.225 e. The van der Waals surface area contributed by atoms with Crippen molar-refractivity contribution >= 4 is 11.6 Å². The van der Waals surface area contributed by atoms with E-state index in [0.717, 1.165) is 0 Å². The highest BCUT2D eigenvalue weighted by molar-refractivity contribution is 5.97. The van der Waals surface area contributed by atoms with E-state index in [1.54, 1.807) is 35.3 Å². The largest absolute Gasteiger partial charge is 0.493 e. The van der Waals surface area contributed by atoms with Gasteiger partial charge in [0.05, 0.1) is 32.7 Å². The molecule has 1 amide bonds. The number of rotatable bonds is 5. The van der Waals surface area contributed by atoms with E-state index < -0.39 is 11.7 Å². The van der Waals surface area contributed by atoms with Gasteiger partial charge in [0.25, 0.3) is 0 Å². The molecule has 0 bridgehead atoms. The lowest BCUT2D eigenvalue weighted by Crippen LogP contribution is -2.25. The van der Waals surface area contributed by atoms with Crippen LogP contribution in [0.3, 0.4) is 0 Å². The van der Waals surface area contributed by atoms with Gasteiger partial charge in [0.1, 0.15) is 5.82 Å². The fourth-order valence-electron chi connectivity index (χ4n) is 3.81. The lowest BCUT2D eigenvalue weighted by Gasteiger charge is -2.30. The number of hydrogen-bond donors (Lipinski definition) is 1. The highest BCUT2D eigenvalue weighted by Crippen LogP contribution is 2.51. The van der Waals surface area contributed by atoms with Crippen molar-refractivity contribution in [2.45, 2.75) is 12.3 Å². The highest BCUT2D eigenvalue weighted by Gasteiger charge is 2.35. The quantitative estimate of drug-likeness (QED) is 0.713. The molecule has 0 saturated carbocycles. The summed E-state index contributed by atoms with van der Waals surface area (Å²) in [4.78, 5) is 12.5. The van der Waals surface area contributed by atoms with Crippen molar-refractivity contribution in [3.63, 3.8) is 0 Å². The Morgan fingerprint density at radius 3 is 2.59 bits per heavy atom. The predicted molar refractivity (Wildman–Crippen MR) is 105 cm³/mol. The van der Waals surface area contributed by atoms with Crippen LogP contribution in [0.1, 0.15) is 23.5 Å². The number of nitrogens with zero attached hydrogens (tertiary/aromatic N) is 2. The van der Waals surface area contributed by atoms with E-state index in [0.29, 0.717) is 39.8 Å². The Morgan fingerprint density at radius 2 is 1.93 bits per heavy atom. The number of anilines is 1. The first-order valence-corrected chi connectivity index (χ1v) is 8.99. The smallest absolute Gasteiger partial charge is 0.225 e. The minimum atomic E-state index is -0.469. The molecule has 8 heteroatoms. The minimum Gasteiger partial charge on any atom is -0.493 e. The zero-order valence-electron chi connectivity index (χ0n) is 16.2. The van der Waals surface area contributed by atoms with Crippen molar-refractivity contribution in [3.05, 3.63) is 59.7 Å². The molecule has 0 fully saturated rings. The van der Waals surface area contributed by atoms with Crippen molar-refractivity contribution < 1.29 is 23.4 Å². The first kappa shape index (κ1) is 18.8. The lowest BCUT2D eigenvalue weighted by molar-refractivity contribution is -0.116. The first-order chi connectivity index (χ1) is 14.1. The average molecular weight is 397 g/mol. The monoisotopic (exact) mass is 397 g/mol. The fraction of sp³-hybridized carbons (Fsp3) is 0.238. The molecule has 4 rings (SSSR count). The summed E-state index contributed by atoms with van der Waals surface area (Å²) >= 11 is 0. The topological polar surface area (TPSA) is 74.6 Å². The maximum atomic E-state index is 14.3. The SMILES string of the molecule is COc1cc2c(c(OC)c1OC)C(c1cc(F)ccc1-n1cccn1)CC(=O)N2. The standard InChI is InChI=1S/C21H20FN3O4/c1-27-17-11-15-19(21(29-3)20(17)28-2)14(10-18(26)24-15)13-9-12(22)5-6-16(13)25-8-4-7-23-25/h4-9,11,14H,10H2,1-3H3,(H,24,26). The molecule has 7 nitrogen and oxygen atoms in total. The summed E-state index contributed by atoms with van der Waals surface area (Å²) in [5, 5.41) is 7.13. The molecule has 1 aliphatic heterocycles. The summed E-state index contributed by atoms with van der Waals surface area (Å²) in [7, 11) is 4.54. The zero-order valence-corrected chi connectivity index (χ0v) is 16.2. The van der Waals surface area contributed by atoms with Crippen LogP contribution in [0.15, 0.2) is 42.7 Å². The van der Waals surface area contributed by atoms with Gasteiger partial charge in [-0.3, -0.25) is 4.79 Å². The van der Waals surface area contributed by atoms with Crippen LogP contribution in [0.25, 0.3) is 5.69 Å². The molecule has 0 saturated heterocycles. The van der Waals surface area contributed by atoms with Crippen LogP contribution in [-0.4, -0.2) is 37.0 Å². The van der Waals surface area contributed by atoms with Gasteiger partial charge in [-0.15, -0.1) is 0 Å². The van der Waals surface area contributed by atoms with Gasteiger partial charge in [-0.25, -0.2) is 9.07 Å². The first-order valence-electron chi connectivity index (χ1n) is 8.99. The Labute approximate surface area is 167 Å². The van der Waals surface area contributed by atoms with Crippen molar-refractivity contribution in [1.82, 2.24) is 9.78 Å². The molecule has 1 atom stereocenters. The Balaban J connectivity index is 1.99. The molecule has 1 N–H and O–H groups in total. The Bertz CT molecular complexity index is 1070. The number of aromatic nitrogens is 2. The number of amides is 1. The summed E-state index contributed by atoms with van der Waals surface area (Å²) in [6, 6.07) is 7.92. The third-order valence-electron chi connectivity index (χ3n) is 5.00. The molecule has 29 heavy (non-hydrogen) atoms. The van der Waals surface area contributed by atoms with Gasteiger partial charge in [0.2, 0.25) is 11.7 Å². The number of methoxy groups -OCH3 is 3. The van der Waals surface area contributed by atoms with Crippen LogP contribution in [0, 0.1) is 5.82 Å². The molecule has 2 heterocycles. The fourth-order valence-corrected chi connectivity index (χ4v) is 3.81. The Kier molecular flexibility index (Phi) is 4.84. The van der Waals surface area contributed by atoms with E-state index in [9.17, 15) is 9.18 Å². The number of benzene rings is 2. The second-order valence-electron chi connectivity index (χ2n) is 6.57. The van der Waals surface area contributed by atoms with Crippen LogP contribution in [0.4, 0.5) is 10.1 Å². The average Bonchev–Trinajstić information content (AvgIpc) is 3.26. The second-order valence-corrected chi connectivity index (χ2v) is 6.57. The molecule has 0 aliphatic carbocycles. The van der Waals surface area contributed by atoms with Gasteiger partial charge in [-0.1, -0.05) is 0 Å². The molecular weight excluding hydrogens is 377 g/mol. The van der Waals surface area contributed by atoms with Crippen molar-refractivity contribution in [3.8, 4) is 22.9 Å². The number of carbonyl (C=O) groups excluding carboxylic acids is 1. The van der Waals surface area contributed by atoms with Gasteiger partial charge in [-0.05, 0) is 29.8 Å². The molecule has 3 aromatic rings. The van der Waals surface area contributed by atoms with Gasteiger partial charge in [-0.2, -0.15) is 5.10 Å². The minimum absolute atomic E-state index is 0.122. The van der Waals surface area contributed by atoms with Crippen molar-refractivity contribution in [1.29, 1.82) is 0 Å². The third kappa shape index (κ3) is 3.16. The van der Waals surface area contributed by atoms with E-state index >= 15 is 0 Å². The molecular formula is C21H20FN3O4. The van der Waals surface area contributed by atoms with Crippen LogP contribution < -0.4 is 19.5 Å². The molecule has 1 aliphatic rings. The maximum absolute atomic E-state index is 14.3. The van der Waals surface area contributed by atoms with Crippen LogP contribution in [-0.2, 0) is 4.79 Å². The number of fused-ring (bicyclic) bond motifs is 1. The van der Waals surface area contributed by atoms with Crippen LogP contribution in [0.5, 0.6) is 17.2 Å². The lowest BCUT2D eigenvalue weighted by atomic mass is 9.83. The zero-order chi connectivity index (χ0) is 20.5. The molecule has 1 unspecified atom stereocenters. The number of nitrogens with one attached hydrogen (secondary N) is 1. The summed E-state index contributed by atoms with van der Waals surface area (Å²) in [5.74, 6) is 0.212. The predicted octanol–water partition coefficient (Wildman–Crippen LogP) is 3.51. The summed E-state index contributed by atoms with van der Waals surface area (Å²) in [5.41, 5.74) is 2.54. The van der Waals surface area contributed by atoms with E-state index in [2.05, 4.69) is 10.4 Å². The van der Waals surface area contributed by atoms with E-state index in [1.165, 1.54) is 33.5 Å². The molecule has 1 aromatic heterocycles. The second kappa shape index (κ2) is 7.46. The Morgan fingerprint density at radius 1 is 1.14 bits per heavy atom. The Hall–Kier alpha value is -3.55. The molecule has 0 spiro atoms. The van der Waals surface area contributed by atoms with Gasteiger partial charge in [0, 0.05) is 36.4 Å². The van der Waals surface area contributed by atoms with Gasteiger partial charge >= 0.3 is 0 Å². The summed E-state index contributed by atoms with van der Waals surface area (Å²) in [6.07, 6.45) is 3.53. The summed E-state index contributed by atoms with van der Waals surface area (Å²) < 4.78 is 32.5. The molecule has 2 aromatic carbocycles. The number of ether oxygens (including phenoxy) is 3. The third-order valence-corrected chi connectivity index (χ3v) is 5.00. The van der Waals surface area contributed by atoms with E-state index in [4.69, 9.17) is 14.2 Å². The van der Waals surface area contributed by atoms with Crippen LogP contribution in [0.2, 0.25) is 0 Å². The highest BCUT2D eigenvalue weighted by atomic mass is 19.1. The van der Waals surface area contributed by atoms with E-state index in [-0.39, 0.29) is 12.3 Å². The normalized spacial score (nSPS) is 15.4. The van der Waals surface area contributed by atoms with E-state index in [1.807, 2.05) is 0 Å². The number of halogens is 1. The number of hydrogen-bond acceptors (Lipinski definition) is 5. The molecule has 150 valence electrons. The van der Waals surface area contributed by atoms with Crippen LogP contribution >= 0.6 is 0 Å². The summed E-state index contributed by atoms with van der Waals surface area (Å²) in [6.45, 7) is 0. The van der Waals surface area contributed by atoms with Crippen molar-refractivity contribution in [2.75, 3.05) is 26.6 Å². The molecule has 0 radical (unpaired) electrons. The van der Waals surface area contributed by atoms with Gasteiger partial charge < -0.3 is 19.5 Å². The number of carbonyl (C=O) groups is 1. The van der Waals surface area contributed by atoms with Crippen molar-refractivity contribution in [2.24, 2.45) is 0 Å².